The molecule has 2 aromatic carbocycles. The predicted octanol–water partition coefficient (Wildman–Crippen LogP) is 3.86. The Kier molecular flexibility index (Phi) is 10.6. The maximum atomic E-state index is 13.6. The highest BCUT2D eigenvalue weighted by Crippen LogP contribution is 2.39. The molecular formula is C33H48N4O5S. The van der Waals surface area contributed by atoms with Crippen LogP contribution in [0.1, 0.15) is 74.4 Å². The number of carbonyl (C=O) groups excluding carboxylic acids is 2. The van der Waals surface area contributed by atoms with Crippen molar-refractivity contribution in [3.63, 3.8) is 0 Å². The molecule has 2 aliphatic rings. The van der Waals surface area contributed by atoms with E-state index < -0.39 is 28.1 Å². The van der Waals surface area contributed by atoms with Gasteiger partial charge >= 0.3 is 0 Å². The molecule has 1 aliphatic carbocycles. The lowest BCUT2D eigenvalue weighted by Gasteiger charge is -2.47. The zero-order chi connectivity index (χ0) is 31.4. The first-order chi connectivity index (χ1) is 20.2. The van der Waals surface area contributed by atoms with Crippen molar-refractivity contribution in [2.45, 2.75) is 89.9 Å². The SMILES string of the molecule is Cc1c(NS(C)(=O)=O)cccc1C(=O)N[C@@H](Cc1ccccc1)[C@@H](O)CN1C[C@H]2CCCC[C@H]2C[C@H]1C(=O)NC(C)(C)C. The molecule has 236 valence electrons. The second kappa shape index (κ2) is 13.8. The standard InChI is InChI=1S/C33H48N4O5S/c1-22-26(16-11-17-27(22)36-43(5,41)42)31(39)34-28(18-23-12-7-6-8-13-23)30(38)21-37-20-25-15-10-9-14-24(25)19-29(37)32(40)35-33(2,3)4/h6-8,11-13,16-17,24-25,28-30,36,38H,9-10,14-15,18-21H2,1-5H3,(H,34,39)(H,35,40)/t24-,25+,28-,29-,30-/m0/s1. The van der Waals surface area contributed by atoms with Crippen molar-refractivity contribution in [2.75, 3.05) is 24.1 Å². The van der Waals surface area contributed by atoms with Gasteiger partial charge in [0.25, 0.3) is 5.91 Å². The van der Waals surface area contributed by atoms with E-state index in [2.05, 4.69) is 20.3 Å². The second-order valence-corrected chi connectivity index (χ2v) is 15.2. The van der Waals surface area contributed by atoms with Gasteiger partial charge in [0.15, 0.2) is 0 Å². The molecule has 10 heteroatoms. The zero-order valence-electron chi connectivity index (χ0n) is 26.1. The van der Waals surface area contributed by atoms with Crippen LogP contribution in [0.25, 0.3) is 0 Å². The molecule has 1 heterocycles. The molecule has 9 nitrogen and oxygen atoms in total. The van der Waals surface area contributed by atoms with Gasteiger partial charge in [-0.2, -0.15) is 0 Å². The summed E-state index contributed by atoms with van der Waals surface area (Å²) in [5.41, 5.74) is 1.75. The minimum atomic E-state index is -3.53. The van der Waals surface area contributed by atoms with Crippen molar-refractivity contribution < 1.29 is 23.1 Å². The Labute approximate surface area is 256 Å². The fourth-order valence-electron chi connectivity index (χ4n) is 6.58. The van der Waals surface area contributed by atoms with E-state index in [9.17, 15) is 23.1 Å². The molecule has 43 heavy (non-hydrogen) atoms. The number of fused-ring (bicyclic) bond motifs is 1. The minimum Gasteiger partial charge on any atom is -0.390 e. The van der Waals surface area contributed by atoms with Crippen molar-refractivity contribution in [2.24, 2.45) is 11.8 Å². The number of sulfonamides is 1. The van der Waals surface area contributed by atoms with Gasteiger partial charge in [0.05, 0.1) is 30.1 Å². The summed E-state index contributed by atoms with van der Waals surface area (Å²) in [5.74, 6) is 0.587. The van der Waals surface area contributed by atoms with E-state index in [-0.39, 0.29) is 24.0 Å². The van der Waals surface area contributed by atoms with Crippen molar-refractivity contribution in [1.82, 2.24) is 15.5 Å². The fraction of sp³-hybridized carbons (Fsp3) is 0.576. The molecule has 2 amide bonds. The first kappa shape index (κ1) is 33.0. The molecule has 5 atom stereocenters. The summed E-state index contributed by atoms with van der Waals surface area (Å²) in [6, 6.07) is 13.6. The quantitative estimate of drug-likeness (QED) is 0.323. The van der Waals surface area contributed by atoms with Gasteiger partial charge in [0.1, 0.15) is 0 Å². The number of piperidine rings is 1. The summed E-state index contributed by atoms with van der Waals surface area (Å²) in [6.45, 7) is 8.61. The number of rotatable bonds is 10. The maximum Gasteiger partial charge on any atom is 0.251 e. The molecular weight excluding hydrogens is 564 g/mol. The van der Waals surface area contributed by atoms with E-state index in [1.807, 2.05) is 51.1 Å². The van der Waals surface area contributed by atoms with Crippen molar-refractivity contribution in [1.29, 1.82) is 0 Å². The third-order valence-corrected chi connectivity index (χ3v) is 9.27. The number of likely N-dealkylation sites (tertiary alicyclic amines) is 1. The van der Waals surface area contributed by atoms with Crippen LogP contribution in [-0.4, -0.2) is 73.3 Å². The monoisotopic (exact) mass is 612 g/mol. The molecule has 2 aromatic rings. The predicted molar refractivity (Wildman–Crippen MR) is 170 cm³/mol. The van der Waals surface area contributed by atoms with Crippen LogP contribution in [0.5, 0.6) is 0 Å². The summed E-state index contributed by atoms with van der Waals surface area (Å²) < 4.78 is 26.2. The lowest BCUT2D eigenvalue weighted by Crippen LogP contribution is -2.60. The van der Waals surface area contributed by atoms with Gasteiger partial charge in [-0.05, 0) is 82.1 Å². The van der Waals surface area contributed by atoms with E-state index in [0.717, 1.165) is 37.6 Å². The minimum absolute atomic E-state index is 0.0156. The molecule has 0 spiro atoms. The molecule has 0 bridgehead atoms. The Morgan fingerprint density at radius 1 is 1.02 bits per heavy atom. The number of hydrogen-bond acceptors (Lipinski definition) is 6. The smallest absolute Gasteiger partial charge is 0.251 e. The second-order valence-electron chi connectivity index (χ2n) is 13.4. The van der Waals surface area contributed by atoms with Crippen molar-refractivity contribution >= 4 is 27.5 Å². The van der Waals surface area contributed by atoms with Crippen LogP contribution in [0, 0.1) is 18.8 Å². The normalized spacial score (nSPS) is 22.6. The number of nitrogens with one attached hydrogen (secondary N) is 3. The Morgan fingerprint density at radius 3 is 2.35 bits per heavy atom. The van der Waals surface area contributed by atoms with Crippen molar-refractivity contribution in [3.05, 3.63) is 65.2 Å². The number of β-amino-alcohol motifs (C(OH)–C–C–N with tert-alkyl or cyclic N) is 1. The van der Waals surface area contributed by atoms with Crippen LogP contribution in [0.2, 0.25) is 0 Å². The van der Waals surface area contributed by atoms with E-state index in [4.69, 9.17) is 0 Å². The maximum absolute atomic E-state index is 13.6. The van der Waals surface area contributed by atoms with Gasteiger partial charge in [0, 0.05) is 24.2 Å². The van der Waals surface area contributed by atoms with Gasteiger partial charge in [-0.15, -0.1) is 0 Å². The zero-order valence-corrected chi connectivity index (χ0v) is 26.9. The third-order valence-electron chi connectivity index (χ3n) is 8.68. The van der Waals surface area contributed by atoms with Crippen LogP contribution in [0.15, 0.2) is 48.5 Å². The Balaban J connectivity index is 1.58. The van der Waals surface area contributed by atoms with Crippen LogP contribution < -0.4 is 15.4 Å². The summed E-state index contributed by atoms with van der Waals surface area (Å²) in [6.07, 6.45) is 5.94. The number of carbonyl (C=O) groups is 2. The number of anilines is 1. The molecule has 4 N–H and O–H groups in total. The summed E-state index contributed by atoms with van der Waals surface area (Å²) in [5, 5.41) is 17.9. The molecule has 0 radical (unpaired) electrons. The number of hydrogen-bond donors (Lipinski definition) is 4. The van der Waals surface area contributed by atoms with Crippen LogP contribution in [-0.2, 0) is 21.2 Å². The summed E-state index contributed by atoms with van der Waals surface area (Å²) in [4.78, 5) is 29.3. The fourth-order valence-corrected chi connectivity index (χ4v) is 7.20. The van der Waals surface area contributed by atoms with Crippen molar-refractivity contribution in [3.8, 4) is 0 Å². The first-order valence-corrected chi connectivity index (χ1v) is 17.3. The van der Waals surface area contributed by atoms with E-state index >= 15 is 0 Å². The highest BCUT2D eigenvalue weighted by atomic mass is 32.2. The topological polar surface area (TPSA) is 128 Å². The van der Waals surface area contributed by atoms with Crippen LogP contribution in [0.4, 0.5) is 5.69 Å². The Hall–Kier alpha value is -2.95. The van der Waals surface area contributed by atoms with Gasteiger partial charge < -0.3 is 15.7 Å². The molecule has 0 unspecified atom stereocenters. The van der Waals surface area contributed by atoms with E-state index in [0.29, 0.717) is 35.1 Å². The molecule has 1 saturated carbocycles. The first-order valence-electron chi connectivity index (χ1n) is 15.4. The van der Waals surface area contributed by atoms with Gasteiger partial charge in [0.2, 0.25) is 15.9 Å². The third kappa shape index (κ3) is 9.27. The highest BCUT2D eigenvalue weighted by molar-refractivity contribution is 7.92. The van der Waals surface area contributed by atoms with Gasteiger partial charge in [-0.25, -0.2) is 8.42 Å². The summed E-state index contributed by atoms with van der Waals surface area (Å²) >= 11 is 0. The summed E-state index contributed by atoms with van der Waals surface area (Å²) in [7, 11) is -3.53. The van der Waals surface area contributed by atoms with E-state index in [1.54, 1.807) is 25.1 Å². The number of nitrogens with zero attached hydrogens (tertiary/aromatic N) is 1. The van der Waals surface area contributed by atoms with Gasteiger partial charge in [-0.3, -0.25) is 19.2 Å². The average Bonchev–Trinajstić information content (AvgIpc) is 2.92. The molecule has 0 aromatic heterocycles. The Bertz CT molecular complexity index is 1380. The highest BCUT2D eigenvalue weighted by Gasteiger charge is 2.41. The van der Waals surface area contributed by atoms with Gasteiger partial charge in [-0.1, -0.05) is 55.7 Å². The van der Waals surface area contributed by atoms with Crippen LogP contribution in [0.3, 0.4) is 0 Å². The molecule has 1 aliphatic heterocycles. The van der Waals surface area contributed by atoms with E-state index in [1.165, 1.54) is 12.8 Å². The number of amides is 2. The average molecular weight is 613 g/mol. The number of aliphatic hydroxyl groups is 1. The largest absolute Gasteiger partial charge is 0.390 e. The number of benzene rings is 2. The van der Waals surface area contributed by atoms with Crippen LogP contribution >= 0.6 is 0 Å². The molecule has 1 saturated heterocycles. The number of aliphatic hydroxyl groups excluding tert-OH is 1. The molecule has 2 fully saturated rings. The lowest BCUT2D eigenvalue weighted by atomic mass is 9.72. The Morgan fingerprint density at radius 2 is 1.70 bits per heavy atom. The lowest BCUT2D eigenvalue weighted by molar-refractivity contribution is -0.132. The molecule has 4 rings (SSSR count).